The van der Waals surface area contributed by atoms with Gasteiger partial charge in [0.05, 0.1) is 5.56 Å². The van der Waals surface area contributed by atoms with Crippen molar-refractivity contribution < 1.29 is 23.0 Å². The summed E-state index contributed by atoms with van der Waals surface area (Å²) in [5.41, 5.74) is -0.724. The van der Waals surface area contributed by atoms with E-state index >= 15 is 0 Å². The summed E-state index contributed by atoms with van der Waals surface area (Å²) < 4.78 is 42.2. The van der Waals surface area contributed by atoms with Crippen molar-refractivity contribution >= 4 is 0 Å². The number of hydrogen-bond acceptors (Lipinski definition) is 2. The van der Waals surface area contributed by atoms with E-state index in [0.717, 1.165) is 12.1 Å². The van der Waals surface area contributed by atoms with Gasteiger partial charge in [-0.15, -0.1) is 0 Å². The van der Waals surface area contributed by atoms with Crippen LogP contribution in [0.1, 0.15) is 19.4 Å². The van der Waals surface area contributed by atoms with Gasteiger partial charge in [-0.3, -0.25) is 0 Å². The molecule has 1 aromatic carbocycles. The summed E-state index contributed by atoms with van der Waals surface area (Å²) in [7, 11) is 0. The number of hydrogen-bond donors (Lipinski definition) is 1. The molecule has 0 amide bonds. The number of halogens is 3. The molecule has 1 aromatic rings. The summed E-state index contributed by atoms with van der Waals surface area (Å²) in [6, 6.07) is 4.38. The van der Waals surface area contributed by atoms with E-state index in [9.17, 15) is 13.2 Å². The highest BCUT2D eigenvalue weighted by molar-refractivity contribution is 5.29. The molecular formula is C13H13F3O2. The van der Waals surface area contributed by atoms with Crippen molar-refractivity contribution in [2.24, 2.45) is 0 Å². The number of ether oxygens (including phenoxy) is 1. The highest BCUT2D eigenvalue weighted by Gasteiger charge is 2.30. The molecule has 0 fully saturated rings. The monoisotopic (exact) mass is 258 g/mol. The lowest BCUT2D eigenvalue weighted by atomic mass is 10.2. The number of rotatable bonds is 2. The van der Waals surface area contributed by atoms with E-state index in [1.165, 1.54) is 19.1 Å². The Labute approximate surface area is 103 Å². The Balaban J connectivity index is 2.68. The number of aliphatic hydroxyl groups is 1. The standard InChI is InChI=1S/C13H13F3O2/c1-9(17)3-4-10(2)18-12-7-5-11(6-8-12)13(14,15)16/h5-10,17H,1-2H3. The van der Waals surface area contributed by atoms with Crippen LogP contribution in [-0.2, 0) is 6.18 Å². The minimum Gasteiger partial charge on any atom is -0.478 e. The minimum atomic E-state index is -4.35. The Kier molecular flexibility index (Phi) is 4.62. The zero-order chi connectivity index (χ0) is 13.8. The average molecular weight is 258 g/mol. The van der Waals surface area contributed by atoms with Crippen LogP contribution in [0.25, 0.3) is 0 Å². The van der Waals surface area contributed by atoms with Gasteiger partial charge in [0, 0.05) is 0 Å². The first-order chi connectivity index (χ1) is 8.29. The van der Waals surface area contributed by atoms with Gasteiger partial charge in [0.15, 0.2) is 6.10 Å². The molecule has 2 nitrogen and oxygen atoms in total. The van der Waals surface area contributed by atoms with E-state index in [1.54, 1.807) is 6.92 Å². The smallest absolute Gasteiger partial charge is 0.416 e. The summed E-state index contributed by atoms with van der Waals surface area (Å²) >= 11 is 0. The van der Waals surface area contributed by atoms with E-state index < -0.39 is 23.9 Å². The Hall–Kier alpha value is -1.67. The van der Waals surface area contributed by atoms with Crippen molar-refractivity contribution in [3.8, 4) is 17.6 Å². The summed E-state index contributed by atoms with van der Waals surface area (Å²) in [6.45, 7) is 3.16. The molecule has 0 aliphatic rings. The van der Waals surface area contributed by atoms with E-state index in [1.807, 2.05) is 0 Å². The first kappa shape index (κ1) is 14.4. The molecule has 0 saturated carbocycles. The van der Waals surface area contributed by atoms with Crippen LogP contribution >= 0.6 is 0 Å². The van der Waals surface area contributed by atoms with Crippen LogP contribution in [0.3, 0.4) is 0 Å². The third kappa shape index (κ3) is 4.68. The zero-order valence-corrected chi connectivity index (χ0v) is 9.95. The summed E-state index contributed by atoms with van der Waals surface area (Å²) in [6.07, 6.45) is -5.61. The Morgan fingerprint density at radius 3 is 2.11 bits per heavy atom. The Morgan fingerprint density at radius 2 is 1.67 bits per heavy atom. The highest BCUT2D eigenvalue weighted by Crippen LogP contribution is 2.30. The predicted molar refractivity (Wildman–Crippen MR) is 61.0 cm³/mol. The highest BCUT2D eigenvalue weighted by atomic mass is 19.4. The van der Waals surface area contributed by atoms with Gasteiger partial charge in [-0.25, -0.2) is 0 Å². The van der Waals surface area contributed by atoms with Crippen LogP contribution in [0, 0.1) is 11.8 Å². The van der Waals surface area contributed by atoms with Gasteiger partial charge in [0.25, 0.3) is 0 Å². The normalized spacial score (nSPS) is 14.3. The van der Waals surface area contributed by atoms with E-state index in [2.05, 4.69) is 11.8 Å². The third-order valence-electron chi connectivity index (χ3n) is 1.99. The van der Waals surface area contributed by atoms with Crippen molar-refractivity contribution in [2.45, 2.75) is 32.2 Å². The molecule has 5 heteroatoms. The molecular weight excluding hydrogens is 245 g/mol. The summed E-state index contributed by atoms with van der Waals surface area (Å²) in [5.74, 6) is 5.43. The molecule has 18 heavy (non-hydrogen) atoms. The molecule has 0 aliphatic heterocycles. The molecule has 0 aromatic heterocycles. The lowest BCUT2D eigenvalue weighted by Gasteiger charge is -2.11. The van der Waals surface area contributed by atoms with Crippen molar-refractivity contribution in [1.29, 1.82) is 0 Å². The quantitative estimate of drug-likeness (QED) is 0.826. The lowest BCUT2D eigenvalue weighted by molar-refractivity contribution is -0.137. The second-order valence-corrected chi connectivity index (χ2v) is 3.75. The maximum Gasteiger partial charge on any atom is 0.416 e. The van der Waals surface area contributed by atoms with Gasteiger partial charge in [-0.1, -0.05) is 11.8 Å². The number of benzene rings is 1. The molecule has 1 rings (SSSR count). The molecule has 0 radical (unpaired) electrons. The van der Waals surface area contributed by atoms with Crippen LogP contribution in [0.4, 0.5) is 13.2 Å². The Bertz CT molecular complexity index is 438. The van der Waals surface area contributed by atoms with Crippen molar-refractivity contribution in [3.05, 3.63) is 29.8 Å². The van der Waals surface area contributed by atoms with Gasteiger partial charge in [0.1, 0.15) is 11.9 Å². The summed E-state index contributed by atoms with van der Waals surface area (Å²) in [4.78, 5) is 0. The number of aliphatic hydroxyl groups excluding tert-OH is 1. The van der Waals surface area contributed by atoms with Crippen molar-refractivity contribution in [1.82, 2.24) is 0 Å². The van der Waals surface area contributed by atoms with Gasteiger partial charge >= 0.3 is 6.18 Å². The SMILES string of the molecule is CC(O)C#CC(C)Oc1ccc(C(F)(F)F)cc1. The average Bonchev–Trinajstić information content (AvgIpc) is 2.26. The molecule has 2 unspecified atom stereocenters. The van der Waals surface area contributed by atoms with Gasteiger partial charge < -0.3 is 9.84 Å². The predicted octanol–water partition coefficient (Wildman–Crippen LogP) is 2.86. The second-order valence-electron chi connectivity index (χ2n) is 3.75. The minimum absolute atomic E-state index is 0.301. The molecule has 1 N–H and O–H groups in total. The van der Waals surface area contributed by atoms with Gasteiger partial charge in [0.2, 0.25) is 0 Å². The van der Waals surface area contributed by atoms with Crippen LogP contribution in [0.15, 0.2) is 24.3 Å². The van der Waals surface area contributed by atoms with E-state index in [4.69, 9.17) is 9.84 Å². The van der Waals surface area contributed by atoms with Crippen molar-refractivity contribution in [2.75, 3.05) is 0 Å². The van der Waals surface area contributed by atoms with Crippen molar-refractivity contribution in [3.63, 3.8) is 0 Å². The summed E-state index contributed by atoms with van der Waals surface area (Å²) in [5, 5.41) is 8.94. The van der Waals surface area contributed by atoms with E-state index in [0.29, 0.717) is 5.75 Å². The lowest BCUT2D eigenvalue weighted by Crippen LogP contribution is -2.10. The molecule has 0 spiro atoms. The van der Waals surface area contributed by atoms with Crippen LogP contribution < -0.4 is 4.74 Å². The Morgan fingerprint density at radius 1 is 1.11 bits per heavy atom. The van der Waals surface area contributed by atoms with Crippen LogP contribution in [-0.4, -0.2) is 17.3 Å². The van der Waals surface area contributed by atoms with Crippen LogP contribution in [0.2, 0.25) is 0 Å². The first-order valence-electron chi connectivity index (χ1n) is 5.32. The third-order valence-corrected chi connectivity index (χ3v) is 1.99. The topological polar surface area (TPSA) is 29.5 Å². The molecule has 0 bridgehead atoms. The number of alkyl halides is 3. The molecule has 0 heterocycles. The van der Waals surface area contributed by atoms with Gasteiger partial charge in [-0.05, 0) is 38.1 Å². The first-order valence-corrected chi connectivity index (χ1v) is 5.32. The fraction of sp³-hybridized carbons (Fsp3) is 0.385. The second kappa shape index (κ2) is 5.78. The zero-order valence-electron chi connectivity index (χ0n) is 9.95. The van der Waals surface area contributed by atoms with Gasteiger partial charge in [-0.2, -0.15) is 13.2 Å². The molecule has 98 valence electrons. The fourth-order valence-electron chi connectivity index (χ4n) is 1.19. The van der Waals surface area contributed by atoms with E-state index in [-0.39, 0.29) is 0 Å². The fourth-order valence-corrected chi connectivity index (χ4v) is 1.19. The maximum absolute atomic E-state index is 12.3. The molecule has 0 aliphatic carbocycles. The maximum atomic E-state index is 12.3. The largest absolute Gasteiger partial charge is 0.478 e. The molecule has 2 atom stereocenters. The molecule has 0 saturated heterocycles. The van der Waals surface area contributed by atoms with Crippen LogP contribution in [0.5, 0.6) is 5.75 Å².